The van der Waals surface area contributed by atoms with Gasteiger partial charge in [0.25, 0.3) is 11.8 Å². The molecule has 0 spiro atoms. The summed E-state index contributed by atoms with van der Waals surface area (Å²) in [5.74, 6) is -33.8. The van der Waals surface area contributed by atoms with Crippen molar-refractivity contribution < 1.29 is 90.9 Å². The van der Waals surface area contributed by atoms with E-state index in [0.29, 0.717) is 24.3 Å². The first-order valence-corrected chi connectivity index (χ1v) is 10.9. The highest BCUT2D eigenvalue weighted by Crippen LogP contribution is 2.47. The highest BCUT2D eigenvalue weighted by atomic mass is 19.4. The number of nitrogens with one attached hydrogen (secondary N) is 2. The highest BCUT2D eigenvalue weighted by molar-refractivity contribution is 6.23. The molecule has 22 heteroatoms. The molecule has 0 saturated carbocycles. The minimum absolute atomic E-state index is 0.327. The summed E-state index contributed by atoms with van der Waals surface area (Å²) in [5, 5.41) is 18.3. The second kappa shape index (κ2) is 11.3. The molecule has 8 nitrogen and oxygen atoms in total. The van der Waals surface area contributed by atoms with Crippen molar-refractivity contribution in [2.45, 2.75) is 36.0 Å². The first-order valence-electron chi connectivity index (χ1n) is 10.9. The monoisotopic (exact) mass is 666 g/mol. The van der Waals surface area contributed by atoms with Gasteiger partial charge in [-0.2, -0.15) is 61.5 Å². The zero-order valence-corrected chi connectivity index (χ0v) is 20.5. The van der Waals surface area contributed by atoms with Gasteiger partial charge < -0.3 is 20.8 Å². The van der Waals surface area contributed by atoms with Crippen molar-refractivity contribution in [3.8, 4) is 0 Å². The predicted molar refractivity (Wildman–Crippen MR) is 114 cm³/mol. The van der Waals surface area contributed by atoms with Gasteiger partial charge in [-0.15, -0.1) is 0 Å². The third kappa shape index (κ3) is 6.27. The van der Waals surface area contributed by atoms with E-state index in [2.05, 4.69) is 0 Å². The Bertz CT molecular complexity index is 1390. The third-order valence-electron chi connectivity index (χ3n) is 5.68. The van der Waals surface area contributed by atoms with Gasteiger partial charge >= 0.3 is 48.0 Å². The van der Waals surface area contributed by atoms with Crippen molar-refractivity contribution in [1.29, 1.82) is 0 Å². The van der Waals surface area contributed by atoms with Gasteiger partial charge in [-0.3, -0.25) is 9.59 Å². The minimum Gasteiger partial charge on any atom is -0.478 e. The van der Waals surface area contributed by atoms with Gasteiger partial charge in [0.05, 0.1) is 24.2 Å². The van der Waals surface area contributed by atoms with E-state index >= 15 is 0 Å². The molecule has 244 valence electrons. The fraction of sp³-hybridized carbons (Fsp3) is 0.364. The van der Waals surface area contributed by atoms with Crippen LogP contribution in [0.2, 0.25) is 0 Å². The molecular weight excluding hydrogens is 654 g/mol. The van der Waals surface area contributed by atoms with E-state index in [9.17, 15) is 90.9 Å². The number of halogens is 14. The van der Waals surface area contributed by atoms with Crippen LogP contribution in [-0.4, -0.2) is 83.1 Å². The third-order valence-corrected chi connectivity index (χ3v) is 5.68. The zero-order valence-electron chi connectivity index (χ0n) is 20.5. The highest BCUT2D eigenvalue weighted by Gasteiger charge is 2.73. The molecule has 0 aliphatic carbocycles. The van der Waals surface area contributed by atoms with Crippen LogP contribution in [-0.2, 0) is 0 Å². The molecule has 0 aromatic heterocycles. The van der Waals surface area contributed by atoms with Crippen LogP contribution in [0.5, 0.6) is 0 Å². The molecule has 0 fully saturated rings. The molecule has 2 aromatic rings. The molecular formula is C22H12F14N2O6. The first-order chi connectivity index (χ1) is 19.6. The van der Waals surface area contributed by atoms with E-state index in [4.69, 9.17) is 0 Å². The van der Waals surface area contributed by atoms with Crippen molar-refractivity contribution in [2.24, 2.45) is 0 Å². The second-order valence-electron chi connectivity index (χ2n) is 8.60. The average molecular weight is 666 g/mol. The van der Waals surface area contributed by atoms with Crippen molar-refractivity contribution in [1.82, 2.24) is 10.6 Å². The standard InChI is InChI=1S/C22H12F14N2O6/c23-17(24,19(27,28)21(31,32)33)5-37-13(39)7-1-3-9(15(41)42)12-8(2-4-10(11(7)12)16(43)44)14(40)38-6-18(25,26)20(29,30)22(34,35)36/h1-4H,5-6H2,(H,37,39)(H,38,40)(H,41,42)(H,43,44). The van der Waals surface area contributed by atoms with Gasteiger partial charge in [0, 0.05) is 21.9 Å². The van der Waals surface area contributed by atoms with E-state index in [0.717, 1.165) is 10.6 Å². The number of carboxylic acid groups (broad SMARTS) is 2. The Morgan fingerprint density at radius 3 is 0.977 bits per heavy atom. The zero-order chi connectivity index (χ0) is 34.4. The van der Waals surface area contributed by atoms with E-state index < -0.39 is 106 Å². The predicted octanol–water partition coefficient (Wildman–Crippen LogP) is 5.36. The van der Waals surface area contributed by atoms with Crippen LogP contribution >= 0.6 is 0 Å². The van der Waals surface area contributed by atoms with Crippen molar-refractivity contribution in [2.75, 3.05) is 13.1 Å². The van der Waals surface area contributed by atoms with Crippen LogP contribution in [0.25, 0.3) is 10.8 Å². The number of carbonyl (C=O) groups excluding carboxylic acids is 2. The largest absolute Gasteiger partial charge is 0.478 e. The number of hydrogen-bond donors (Lipinski definition) is 4. The van der Waals surface area contributed by atoms with Crippen LogP contribution in [0.15, 0.2) is 24.3 Å². The number of amides is 2. The number of fused-ring (bicyclic) bond motifs is 1. The molecule has 0 radical (unpaired) electrons. The number of benzene rings is 2. The van der Waals surface area contributed by atoms with Crippen LogP contribution in [0.4, 0.5) is 61.5 Å². The van der Waals surface area contributed by atoms with E-state index in [1.807, 2.05) is 0 Å². The number of alkyl halides is 14. The fourth-order valence-corrected chi connectivity index (χ4v) is 3.44. The Labute approximate surface area is 232 Å². The van der Waals surface area contributed by atoms with Gasteiger partial charge in [0.2, 0.25) is 0 Å². The van der Waals surface area contributed by atoms with Crippen LogP contribution in [0.3, 0.4) is 0 Å². The molecule has 0 aliphatic rings. The summed E-state index contributed by atoms with van der Waals surface area (Å²) in [6.45, 7) is -5.52. The number of rotatable bonds is 10. The fourth-order valence-electron chi connectivity index (χ4n) is 3.44. The van der Waals surface area contributed by atoms with Gasteiger partial charge in [-0.1, -0.05) is 0 Å². The number of carboxylic acids is 2. The Morgan fingerprint density at radius 2 is 0.750 bits per heavy atom. The Morgan fingerprint density at radius 1 is 0.500 bits per heavy atom. The number of hydrogen-bond acceptors (Lipinski definition) is 4. The molecule has 0 aliphatic heterocycles. The molecule has 4 N–H and O–H groups in total. The number of aromatic carboxylic acids is 2. The molecule has 0 saturated heterocycles. The van der Waals surface area contributed by atoms with E-state index in [1.165, 1.54) is 0 Å². The van der Waals surface area contributed by atoms with E-state index in [-0.39, 0.29) is 0 Å². The maximum atomic E-state index is 13.7. The van der Waals surface area contributed by atoms with Crippen molar-refractivity contribution in [3.63, 3.8) is 0 Å². The van der Waals surface area contributed by atoms with Gasteiger partial charge in [0.15, 0.2) is 0 Å². The molecule has 2 amide bonds. The maximum Gasteiger partial charge on any atom is 0.459 e. The summed E-state index contributed by atoms with van der Waals surface area (Å²) < 4.78 is 182. The Hall–Kier alpha value is -4.40. The summed E-state index contributed by atoms with van der Waals surface area (Å²) in [6.07, 6.45) is -13.6. The molecule has 44 heavy (non-hydrogen) atoms. The lowest BCUT2D eigenvalue weighted by Crippen LogP contribution is -2.57. The molecule has 0 atom stereocenters. The SMILES string of the molecule is O=C(O)c1ccc(C(=O)NCC(F)(F)C(F)(F)C(F)(F)F)c2c(C(=O)O)ccc(C(=O)NCC(F)(F)C(F)(F)C(F)(F)F)c12. The normalized spacial score (nSPS) is 13.5. The molecule has 0 heterocycles. The van der Waals surface area contributed by atoms with Gasteiger partial charge in [0.1, 0.15) is 0 Å². The first kappa shape index (κ1) is 35.8. The lowest BCUT2D eigenvalue weighted by molar-refractivity contribution is -0.352. The summed E-state index contributed by atoms with van der Waals surface area (Å²) in [5.41, 5.74) is -4.94. The second-order valence-corrected chi connectivity index (χ2v) is 8.60. The van der Waals surface area contributed by atoms with Crippen LogP contribution in [0, 0.1) is 0 Å². The maximum absolute atomic E-state index is 13.7. The van der Waals surface area contributed by atoms with Crippen molar-refractivity contribution in [3.05, 3.63) is 46.5 Å². The van der Waals surface area contributed by atoms with Crippen LogP contribution < -0.4 is 10.6 Å². The number of carbonyl (C=O) groups is 4. The smallest absolute Gasteiger partial charge is 0.459 e. The minimum atomic E-state index is -6.82. The lowest BCUT2D eigenvalue weighted by atomic mass is 9.90. The van der Waals surface area contributed by atoms with Gasteiger partial charge in [-0.05, 0) is 24.3 Å². The summed E-state index contributed by atoms with van der Waals surface area (Å²) in [6, 6.07) is 1.31. The molecule has 0 unspecified atom stereocenters. The quantitative estimate of drug-likeness (QED) is 0.253. The average Bonchev–Trinajstić information content (AvgIpc) is 2.87. The summed E-state index contributed by atoms with van der Waals surface area (Å²) in [7, 11) is 0. The topological polar surface area (TPSA) is 133 Å². The Kier molecular flexibility index (Phi) is 9.16. The van der Waals surface area contributed by atoms with Crippen LogP contribution in [0.1, 0.15) is 41.4 Å². The summed E-state index contributed by atoms with van der Waals surface area (Å²) in [4.78, 5) is 48.7. The van der Waals surface area contributed by atoms with E-state index in [1.54, 1.807) is 0 Å². The summed E-state index contributed by atoms with van der Waals surface area (Å²) >= 11 is 0. The molecule has 0 bridgehead atoms. The molecule has 2 rings (SSSR count). The Balaban J connectivity index is 2.69. The molecule has 2 aromatic carbocycles. The van der Waals surface area contributed by atoms with Gasteiger partial charge in [-0.25, -0.2) is 9.59 Å². The van der Waals surface area contributed by atoms with Crippen molar-refractivity contribution >= 4 is 34.5 Å². The lowest BCUT2D eigenvalue weighted by Gasteiger charge is -2.28.